The molecule has 4 rings (SSSR count). The summed E-state index contributed by atoms with van der Waals surface area (Å²) >= 11 is 1.47. The minimum Gasteiger partial charge on any atom is -0.457 e. The number of phosphoric acid groups is 1. The van der Waals surface area contributed by atoms with Crippen molar-refractivity contribution in [3.63, 3.8) is 0 Å². The molecule has 184 valence electrons. The first-order valence-electron chi connectivity index (χ1n) is 10.9. The summed E-state index contributed by atoms with van der Waals surface area (Å²) in [6, 6.07) is 18.6. The molecule has 1 unspecified atom stereocenters. The molecule has 0 bridgehead atoms. The number of aryl methyl sites for hydroxylation is 2. The Balaban J connectivity index is 1.59. The van der Waals surface area contributed by atoms with E-state index in [1.165, 1.54) is 11.3 Å². The number of nitrogens with two attached hydrogens (primary N) is 1. The SMILES string of the molecule is Cc1ccc(Oc2ccc3c(=O)c4ccc(CCC(N)(CO)COP(=O)(O)O)cc4sc3c2)cc1. The molecule has 10 heteroatoms. The number of fused-ring (bicyclic) bond motifs is 2. The van der Waals surface area contributed by atoms with Gasteiger partial charge < -0.3 is 25.4 Å². The zero-order valence-corrected chi connectivity index (χ0v) is 20.7. The van der Waals surface area contributed by atoms with Crippen molar-refractivity contribution < 1.29 is 28.7 Å². The maximum absolute atomic E-state index is 13.1. The van der Waals surface area contributed by atoms with Gasteiger partial charge in [-0.15, -0.1) is 11.3 Å². The van der Waals surface area contributed by atoms with E-state index in [9.17, 15) is 14.5 Å². The molecule has 35 heavy (non-hydrogen) atoms. The maximum atomic E-state index is 13.1. The second kappa shape index (κ2) is 10.2. The fourth-order valence-corrected chi connectivity index (χ4v) is 5.23. The first kappa shape index (κ1) is 25.5. The fourth-order valence-electron chi connectivity index (χ4n) is 3.64. The van der Waals surface area contributed by atoms with Gasteiger partial charge in [-0.1, -0.05) is 23.8 Å². The van der Waals surface area contributed by atoms with Gasteiger partial charge in [-0.25, -0.2) is 4.57 Å². The Labute approximate surface area is 205 Å². The average Bonchev–Trinajstić information content (AvgIpc) is 2.82. The van der Waals surface area contributed by atoms with Crippen molar-refractivity contribution >= 4 is 39.3 Å². The summed E-state index contributed by atoms with van der Waals surface area (Å²) in [6.45, 7) is 1.02. The van der Waals surface area contributed by atoms with E-state index in [1.807, 2.05) is 49.4 Å². The Kier molecular flexibility index (Phi) is 7.40. The third-order valence-electron chi connectivity index (χ3n) is 5.71. The lowest BCUT2D eigenvalue weighted by atomic mass is 9.94. The number of hydrogen-bond donors (Lipinski definition) is 4. The second-order valence-electron chi connectivity index (χ2n) is 8.62. The van der Waals surface area contributed by atoms with Gasteiger partial charge in [0.15, 0.2) is 5.43 Å². The van der Waals surface area contributed by atoms with E-state index in [2.05, 4.69) is 4.52 Å². The Hall–Kier alpha value is -2.62. The topological polar surface area (TPSA) is 139 Å². The van der Waals surface area contributed by atoms with Gasteiger partial charge in [0.25, 0.3) is 0 Å². The van der Waals surface area contributed by atoms with E-state index in [-0.39, 0.29) is 11.8 Å². The zero-order valence-electron chi connectivity index (χ0n) is 19.0. The van der Waals surface area contributed by atoms with Gasteiger partial charge in [0.1, 0.15) is 11.5 Å². The molecule has 0 aliphatic rings. The highest BCUT2D eigenvalue weighted by Crippen LogP contribution is 2.37. The van der Waals surface area contributed by atoms with Crippen LogP contribution in [-0.4, -0.2) is 33.6 Å². The quantitative estimate of drug-likeness (QED) is 0.192. The molecule has 0 aliphatic carbocycles. The lowest BCUT2D eigenvalue weighted by Gasteiger charge is -2.27. The molecule has 4 aromatic rings. The highest BCUT2D eigenvalue weighted by Gasteiger charge is 2.28. The molecule has 1 atom stereocenters. The summed E-state index contributed by atoms with van der Waals surface area (Å²) in [4.78, 5) is 30.9. The van der Waals surface area contributed by atoms with Gasteiger partial charge in [-0.05, 0) is 67.8 Å². The van der Waals surface area contributed by atoms with Crippen LogP contribution < -0.4 is 15.9 Å². The van der Waals surface area contributed by atoms with E-state index in [4.69, 9.17) is 20.3 Å². The molecule has 0 spiro atoms. The third-order valence-corrected chi connectivity index (χ3v) is 7.29. The maximum Gasteiger partial charge on any atom is 0.469 e. The molecule has 1 aromatic heterocycles. The number of benzene rings is 3. The molecule has 0 fully saturated rings. The summed E-state index contributed by atoms with van der Waals surface area (Å²) in [5.41, 5.74) is 6.70. The van der Waals surface area contributed by atoms with Gasteiger partial charge in [0.05, 0.1) is 18.8 Å². The summed E-state index contributed by atoms with van der Waals surface area (Å²) in [5, 5.41) is 10.8. The van der Waals surface area contributed by atoms with Crippen LogP contribution in [0.25, 0.3) is 20.2 Å². The summed E-state index contributed by atoms with van der Waals surface area (Å²) < 4.78 is 23.0. The molecule has 3 aromatic carbocycles. The van der Waals surface area contributed by atoms with Crippen LogP contribution in [0, 0.1) is 6.92 Å². The fraction of sp³-hybridized carbons (Fsp3) is 0.240. The van der Waals surface area contributed by atoms with E-state index in [1.54, 1.807) is 18.2 Å². The van der Waals surface area contributed by atoms with Crippen LogP contribution in [-0.2, 0) is 15.5 Å². The Morgan fingerprint density at radius 1 is 0.971 bits per heavy atom. The van der Waals surface area contributed by atoms with Gasteiger partial charge in [-0.3, -0.25) is 9.32 Å². The van der Waals surface area contributed by atoms with Crippen LogP contribution in [0.15, 0.2) is 65.5 Å². The lowest BCUT2D eigenvalue weighted by Crippen LogP contribution is -2.48. The largest absolute Gasteiger partial charge is 0.469 e. The van der Waals surface area contributed by atoms with Crippen LogP contribution >= 0.6 is 19.2 Å². The van der Waals surface area contributed by atoms with Crippen molar-refractivity contribution in [3.05, 3.63) is 82.0 Å². The van der Waals surface area contributed by atoms with Crippen LogP contribution in [0.3, 0.4) is 0 Å². The van der Waals surface area contributed by atoms with Crippen LogP contribution in [0.2, 0.25) is 0 Å². The number of ether oxygens (including phenoxy) is 1. The van der Waals surface area contributed by atoms with Gasteiger partial charge in [0, 0.05) is 20.2 Å². The van der Waals surface area contributed by atoms with Crippen molar-refractivity contribution in [2.45, 2.75) is 25.3 Å². The first-order valence-corrected chi connectivity index (χ1v) is 13.2. The van der Waals surface area contributed by atoms with Crippen molar-refractivity contribution in [1.29, 1.82) is 0 Å². The number of phosphoric ester groups is 1. The first-order chi connectivity index (χ1) is 16.5. The van der Waals surface area contributed by atoms with Crippen molar-refractivity contribution in [1.82, 2.24) is 0 Å². The second-order valence-corrected chi connectivity index (χ2v) is 10.9. The van der Waals surface area contributed by atoms with Gasteiger partial charge >= 0.3 is 7.82 Å². The molecular formula is C25H26NO7PS. The average molecular weight is 516 g/mol. The van der Waals surface area contributed by atoms with Crippen LogP contribution in [0.5, 0.6) is 11.5 Å². The van der Waals surface area contributed by atoms with Crippen molar-refractivity contribution in [3.8, 4) is 11.5 Å². The van der Waals surface area contributed by atoms with E-state index in [0.29, 0.717) is 28.7 Å². The molecule has 0 amide bonds. The predicted molar refractivity (Wildman–Crippen MR) is 137 cm³/mol. The normalized spacial score (nSPS) is 13.7. The Morgan fingerprint density at radius 3 is 2.26 bits per heavy atom. The van der Waals surface area contributed by atoms with E-state index >= 15 is 0 Å². The monoisotopic (exact) mass is 515 g/mol. The van der Waals surface area contributed by atoms with Crippen molar-refractivity contribution in [2.75, 3.05) is 13.2 Å². The molecule has 0 radical (unpaired) electrons. The van der Waals surface area contributed by atoms with Crippen molar-refractivity contribution in [2.24, 2.45) is 5.73 Å². The van der Waals surface area contributed by atoms with Gasteiger partial charge in [-0.2, -0.15) is 0 Å². The molecule has 5 N–H and O–H groups in total. The predicted octanol–water partition coefficient (Wildman–Crippen LogP) is 4.25. The summed E-state index contributed by atoms with van der Waals surface area (Å²) in [7, 11) is -4.70. The number of aliphatic hydroxyl groups is 1. The molecule has 8 nitrogen and oxygen atoms in total. The highest BCUT2D eigenvalue weighted by molar-refractivity contribution is 7.46. The molecule has 1 heterocycles. The highest BCUT2D eigenvalue weighted by atomic mass is 32.1. The molecular weight excluding hydrogens is 489 g/mol. The minimum atomic E-state index is -4.70. The standard InChI is InChI=1S/C25H26NO7PS/c1-16-2-5-18(6-3-16)33-19-7-9-21-23(13-19)35-22-12-17(4-8-20(22)24(21)28)10-11-25(26,14-27)15-32-34(29,30)31/h2-9,12-13,27H,10-11,14-15,26H2,1H3,(H2,29,30,31). The zero-order chi connectivity index (χ0) is 25.2. The smallest absolute Gasteiger partial charge is 0.457 e. The van der Waals surface area contributed by atoms with Gasteiger partial charge in [0.2, 0.25) is 0 Å². The van der Waals surface area contributed by atoms with Crippen LogP contribution in [0.1, 0.15) is 17.5 Å². The Morgan fingerprint density at radius 2 is 1.60 bits per heavy atom. The molecule has 0 aliphatic heterocycles. The molecule has 0 saturated heterocycles. The Bertz CT molecular complexity index is 1460. The number of hydrogen-bond acceptors (Lipinski definition) is 7. The minimum absolute atomic E-state index is 0.0687. The lowest BCUT2D eigenvalue weighted by molar-refractivity contribution is 0.102. The summed E-state index contributed by atoms with van der Waals surface area (Å²) in [6.07, 6.45) is 0.652. The van der Waals surface area contributed by atoms with E-state index < -0.39 is 26.6 Å². The molecule has 0 saturated carbocycles. The van der Waals surface area contributed by atoms with E-state index in [0.717, 1.165) is 20.5 Å². The number of rotatable bonds is 9. The van der Waals surface area contributed by atoms with Crippen LogP contribution in [0.4, 0.5) is 0 Å². The summed E-state index contributed by atoms with van der Waals surface area (Å²) in [5.74, 6) is 1.34. The number of aliphatic hydroxyl groups excluding tert-OH is 1. The third kappa shape index (κ3) is 6.34.